The number of nitrogens with one attached hydrogen (secondary N) is 1. The molecule has 2 atom stereocenters. The lowest BCUT2D eigenvalue weighted by Crippen LogP contribution is -2.21. The molecule has 3 rings (SSSR count). The van der Waals surface area contributed by atoms with Crippen LogP contribution in [0.4, 0.5) is 10.8 Å². The molecule has 1 aromatic heterocycles. The number of esters is 1. The Morgan fingerprint density at radius 1 is 1.46 bits per heavy atom. The van der Waals surface area contributed by atoms with Crippen molar-refractivity contribution in [2.45, 2.75) is 39.2 Å². The maximum Gasteiger partial charge on any atom is 0.310 e. The first kappa shape index (κ1) is 17.2. The Morgan fingerprint density at radius 2 is 2.21 bits per heavy atom. The summed E-state index contributed by atoms with van der Waals surface area (Å²) in [7, 11) is 0. The number of hydrogen-bond donors (Lipinski definition) is 1. The minimum atomic E-state index is -0.645. The number of carbonyl (C=O) groups excluding carboxylic acids is 1. The van der Waals surface area contributed by atoms with E-state index < -0.39 is 5.60 Å². The van der Waals surface area contributed by atoms with Crippen LogP contribution in [0.2, 0.25) is 5.02 Å². The van der Waals surface area contributed by atoms with Crippen LogP contribution in [0, 0.1) is 11.8 Å². The number of nitrogens with zero attached hydrogens (tertiary/aromatic N) is 1. The molecule has 24 heavy (non-hydrogen) atoms. The zero-order chi connectivity index (χ0) is 17.3. The minimum absolute atomic E-state index is 0.0447. The SMILES string of the molecule is CC(C)C[C@H]1C[C@](C)(c2csc(Nc3ccccc3Cl)n2)OC1=O. The molecule has 0 unspecified atom stereocenters. The quantitative estimate of drug-likeness (QED) is 0.725. The van der Waals surface area contributed by atoms with Gasteiger partial charge in [0.25, 0.3) is 0 Å². The lowest BCUT2D eigenvalue weighted by Gasteiger charge is -2.20. The van der Waals surface area contributed by atoms with Gasteiger partial charge in [0.2, 0.25) is 0 Å². The van der Waals surface area contributed by atoms with E-state index in [-0.39, 0.29) is 11.9 Å². The fraction of sp³-hybridized carbons (Fsp3) is 0.444. The van der Waals surface area contributed by atoms with Gasteiger partial charge in [-0.1, -0.05) is 37.6 Å². The third-order valence-electron chi connectivity index (χ3n) is 4.21. The van der Waals surface area contributed by atoms with Crippen LogP contribution >= 0.6 is 22.9 Å². The van der Waals surface area contributed by atoms with Crippen molar-refractivity contribution in [1.29, 1.82) is 0 Å². The highest BCUT2D eigenvalue weighted by atomic mass is 35.5. The molecule has 2 heterocycles. The zero-order valence-corrected chi connectivity index (χ0v) is 15.6. The number of rotatable bonds is 5. The molecule has 0 bridgehead atoms. The topological polar surface area (TPSA) is 51.2 Å². The average Bonchev–Trinajstić information content (AvgIpc) is 3.07. The molecule has 0 spiro atoms. The minimum Gasteiger partial charge on any atom is -0.453 e. The monoisotopic (exact) mass is 364 g/mol. The van der Waals surface area contributed by atoms with Crippen LogP contribution in [-0.4, -0.2) is 11.0 Å². The lowest BCUT2D eigenvalue weighted by atomic mass is 9.88. The number of thiazole rings is 1. The number of ether oxygens (including phenoxy) is 1. The Kier molecular flexibility index (Phi) is 4.83. The molecule has 1 N–H and O–H groups in total. The van der Waals surface area contributed by atoms with E-state index in [9.17, 15) is 4.79 Å². The van der Waals surface area contributed by atoms with Gasteiger partial charge in [-0.05, 0) is 31.4 Å². The summed E-state index contributed by atoms with van der Waals surface area (Å²) in [4.78, 5) is 16.8. The second kappa shape index (κ2) is 6.73. The third kappa shape index (κ3) is 3.57. The number of halogens is 1. The Bertz CT molecular complexity index is 746. The Hall–Kier alpha value is -1.59. The van der Waals surface area contributed by atoms with Gasteiger partial charge in [0.05, 0.1) is 22.3 Å². The van der Waals surface area contributed by atoms with E-state index in [2.05, 4.69) is 24.1 Å². The first-order valence-electron chi connectivity index (χ1n) is 8.08. The zero-order valence-electron chi connectivity index (χ0n) is 14.0. The fourth-order valence-corrected chi connectivity index (χ4v) is 4.09. The largest absolute Gasteiger partial charge is 0.453 e. The standard InChI is InChI=1S/C18H21ClN2O2S/c1-11(2)8-12-9-18(3,23-16(12)22)15-10-24-17(21-15)20-14-7-5-4-6-13(14)19/h4-7,10-12H,8-9H2,1-3H3,(H,20,21)/t12-,18+/m0/s1. The summed E-state index contributed by atoms with van der Waals surface area (Å²) in [5.41, 5.74) is 0.959. The molecule has 1 saturated heterocycles. The molecule has 0 amide bonds. The summed E-state index contributed by atoms with van der Waals surface area (Å²) in [6.07, 6.45) is 1.53. The molecule has 2 aromatic rings. The van der Waals surface area contributed by atoms with Crippen molar-refractivity contribution < 1.29 is 9.53 Å². The van der Waals surface area contributed by atoms with E-state index in [0.29, 0.717) is 17.4 Å². The van der Waals surface area contributed by atoms with Crippen LogP contribution in [0.15, 0.2) is 29.6 Å². The summed E-state index contributed by atoms with van der Waals surface area (Å²) in [5.74, 6) is 0.314. The van der Waals surface area contributed by atoms with E-state index in [1.165, 1.54) is 11.3 Å². The van der Waals surface area contributed by atoms with Crippen molar-refractivity contribution in [3.05, 3.63) is 40.4 Å². The second-order valence-electron chi connectivity index (χ2n) is 6.83. The van der Waals surface area contributed by atoms with Crippen LogP contribution in [0.3, 0.4) is 0 Å². The van der Waals surface area contributed by atoms with Gasteiger partial charge in [0, 0.05) is 11.8 Å². The fourth-order valence-electron chi connectivity index (χ4n) is 3.06. The maximum absolute atomic E-state index is 12.2. The molecular weight excluding hydrogens is 344 g/mol. The number of anilines is 2. The Balaban J connectivity index is 1.76. The van der Waals surface area contributed by atoms with Crippen molar-refractivity contribution >= 4 is 39.7 Å². The van der Waals surface area contributed by atoms with Crippen LogP contribution in [0.25, 0.3) is 0 Å². The number of benzene rings is 1. The van der Waals surface area contributed by atoms with Crippen molar-refractivity contribution in [3.8, 4) is 0 Å². The summed E-state index contributed by atoms with van der Waals surface area (Å²) in [6.45, 7) is 6.19. The maximum atomic E-state index is 12.2. The molecule has 4 nitrogen and oxygen atoms in total. The van der Waals surface area contributed by atoms with Crippen molar-refractivity contribution in [2.24, 2.45) is 11.8 Å². The molecule has 6 heteroatoms. The molecule has 0 aliphatic carbocycles. The van der Waals surface area contributed by atoms with Crippen LogP contribution in [0.5, 0.6) is 0 Å². The van der Waals surface area contributed by atoms with E-state index in [0.717, 1.165) is 22.9 Å². The highest BCUT2D eigenvalue weighted by molar-refractivity contribution is 7.13. The highest BCUT2D eigenvalue weighted by Gasteiger charge is 2.46. The summed E-state index contributed by atoms with van der Waals surface area (Å²) in [5, 5.41) is 6.55. The molecule has 1 aromatic carbocycles. The first-order chi connectivity index (χ1) is 11.4. The van der Waals surface area contributed by atoms with Gasteiger partial charge in [-0.25, -0.2) is 4.98 Å². The first-order valence-corrected chi connectivity index (χ1v) is 9.33. The van der Waals surface area contributed by atoms with E-state index >= 15 is 0 Å². The smallest absolute Gasteiger partial charge is 0.310 e. The predicted octanol–water partition coefficient (Wildman–Crippen LogP) is 5.36. The molecule has 128 valence electrons. The summed E-state index contributed by atoms with van der Waals surface area (Å²) < 4.78 is 5.69. The summed E-state index contributed by atoms with van der Waals surface area (Å²) >= 11 is 7.65. The third-order valence-corrected chi connectivity index (χ3v) is 5.30. The summed E-state index contributed by atoms with van der Waals surface area (Å²) in [6, 6.07) is 7.53. The van der Waals surface area contributed by atoms with E-state index in [1.54, 1.807) is 0 Å². The molecular formula is C18H21ClN2O2S. The van der Waals surface area contributed by atoms with Gasteiger partial charge in [-0.3, -0.25) is 4.79 Å². The molecule has 1 aliphatic heterocycles. The van der Waals surface area contributed by atoms with Crippen molar-refractivity contribution in [1.82, 2.24) is 4.98 Å². The van der Waals surface area contributed by atoms with Gasteiger partial charge in [0.1, 0.15) is 0 Å². The lowest BCUT2D eigenvalue weighted by molar-refractivity contribution is -0.150. The number of cyclic esters (lactones) is 1. The van der Waals surface area contributed by atoms with Gasteiger partial charge < -0.3 is 10.1 Å². The number of para-hydroxylation sites is 1. The molecule has 1 fully saturated rings. The highest BCUT2D eigenvalue weighted by Crippen LogP contribution is 2.42. The van der Waals surface area contributed by atoms with Gasteiger partial charge in [-0.2, -0.15) is 0 Å². The normalized spacial score (nSPS) is 23.5. The van der Waals surface area contributed by atoms with Gasteiger partial charge >= 0.3 is 5.97 Å². The van der Waals surface area contributed by atoms with Crippen LogP contribution in [0.1, 0.15) is 39.3 Å². The van der Waals surface area contributed by atoms with Crippen molar-refractivity contribution in [2.75, 3.05) is 5.32 Å². The van der Waals surface area contributed by atoms with Crippen LogP contribution in [-0.2, 0) is 15.1 Å². The Morgan fingerprint density at radius 3 is 2.92 bits per heavy atom. The second-order valence-corrected chi connectivity index (χ2v) is 8.09. The number of carbonyl (C=O) groups is 1. The van der Waals surface area contributed by atoms with E-state index in [1.807, 2.05) is 36.6 Å². The predicted molar refractivity (Wildman–Crippen MR) is 97.9 cm³/mol. The molecule has 0 radical (unpaired) electrons. The van der Waals surface area contributed by atoms with E-state index in [4.69, 9.17) is 16.3 Å². The number of aromatic nitrogens is 1. The van der Waals surface area contributed by atoms with Gasteiger partial charge in [0.15, 0.2) is 10.7 Å². The van der Waals surface area contributed by atoms with Crippen LogP contribution < -0.4 is 5.32 Å². The van der Waals surface area contributed by atoms with Crippen molar-refractivity contribution in [3.63, 3.8) is 0 Å². The van der Waals surface area contributed by atoms with Gasteiger partial charge in [-0.15, -0.1) is 11.3 Å². The number of hydrogen-bond acceptors (Lipinski definition) is 5. The molecule has 1 aliphatic rings. The Labute approximate surface area is 151 Å². The molecule has 0 saturated carbocycles. The average molecular weight is 365 g/mol.